The zero-order valence-corrected chi connectivity index (χ0v) is 18.1. The van der Waals surface area contributed by atoms with Crippen molar-refractivity contribution < 1.29 is 19.1 Å². The SMILES string of the molecule is CC(O)C1C[C@@H](CO[Si](c2ccccc2)(c2ccccc2)C(C)(C)C)OC1=O. The van der Waals surface area contributed by atoms with Gasteiger partial charge in [-0.3, -0.25) is 4.79 Å². The Morgan fingerprint density at radius 3 is 1.96 bits per heavy atom. The lowest BCUT2D eigenvalue weighted by Gasteiger charge is -2.43. The van der Waals surface area contributed by atoms with Crippen molar-refractivity contribution in [2.24, 2.45) is 5.92 Å². The predicted octanol–water partition coefficient (Wildman–Crippen LogP) is 2.88. The third-order valence-corrected chi connectivity index (χ3v) is 10.6. The van der Waals surface area contributed by atoms with Crippen molar-refractivity contribution in [1.29, 1.82) is 0 Å². The van der Waals surface area contributed by atoms with Crippen LogP contribution in [0.2, 0.25) is 5.04 Å². The van der Waals surface area contributed by atoms with Crippen LogP contribution in [0.25, 0.3) is 0 Å². The molecule has 0 aromatic heterocycles. The first-order valence-electron chi connectivity index (χ1n) is 9.89. The van der Waals surface area contributed by atoms with E-state index in [9.17, 15) is 9.90 Å². The van der Waals surface area contributed by atoms with Gasteiger partial charge in [0, 0.05) is 6.42 Å². The van der Waals surface area contributed by atoms with E-state index in [1.807, 2.05) is 36.4 Å². The van der Waals surface area contributed by atoms with Gasteiger partial charge in [-0.25, -0.2) is 0 Å². The summed E-state index contributed by atoms with van der Waals surface area (Å²) >= 11 is 0. The van der Waals surface area contributed by atoms with Gasteiger partial charge in [0.05, 0.1) is 18.6 Å². The Morgan fingerprint density at radius 2 is 1.57 bits per heavy atom. The van der Waals surface area contributed by atoms with E-state index < -0.39 is 20.3 Å². The fourth-order valence-electron chi connectivity index (χ4n) is 4.15. The number of esters is 1. The molecule has 4 nitrogen and oxygen atoms in total. The van der Waals surface area contributed by atoms with Gasteiger partial charge in [0.1, 0.15) is 6.10 Å². The zero-order chi connectivity index (χ0) is 20.4. The smallest absolute Gasteiger partial charge is 0.312 e. The summed E-state index contributed by atoms with van der Waals surface area (Å²) in [6.07, 6.45) is -0.534. The topological polar surface area (TPSA) is 55.8 Å². The molecule has 1 aliphatic rings. The molecule has 3 rings (SSSR count). The Labute approximate surface area is 168 Å². The van der Waals surface area contributed by atoms with Gasteiger partial charge < -0.3 is 14.3 Å². The summed E-state index contributed by atoms with van der Waals surface area (Å²) in [6, 6.07) is 20.8. The highest BCUT2D eigenvalue weighted by molar-refractivity contribution is 6.99. The molecule has 2 unspecified atom stereocenters. The molecule has 5 heteroatoms. The Bertz CT molecular complexity index is 744. The summed E-state index contributed by atoms with van der Waals surface area (Å²) in [5, 5.41) is 12.1. The molecule has 1 heterocycles. The number of carbonyl (C=O) groups is 1. The second-order valence-corrected chi connectivity index (χ2v) is 12.9. The second-order valence-electron chi connectivity index (χ2n) is 8.62. The Hall–Kier alpha value is -1.95. The van der Waals surface area contributed by atoms with Gasteiger partial charge in [-0.1, -0.05) is 81.4 Å². The van der Waals surface area contributed by atoms with Gasteiger partial charge in [0.2, 0.25) is 0 Å². The molecular formula is C23H30O4Si. The van der Waals surface area contributed by atoms with Crippen molar-refractivity contribution in [3.8, 4) is 0 Å². The Kier molecular flexibility index (Phi) is 6.08. The average Bonchev–Trinajstić information content (AvgIpc) is 3.04. The molecule has 0 spiro atoms. The number of hydrogen-bond donors (Lipinski definition) is 1. The van der Waals surface area contributed by atoms with E-state index >= 15 is 0 Å². The number of hydrogen-bond acceptors (Lipinski definition) is 4. The van der Waals surface area contributed by atoms with Crippen LogP contribution in [0, 0.1) is 5.92 Å². The molecule has 0 aliphatic carbocycles. The van der Waals surface area contributed by atoms with E-state index in [0.717, 1.165) is 0 Å². The number of cyclic esters (lactones) is 1. The van der Waals surface area contributed by atoms with Crippen molar-refractivity contribution in [1.82, 2.24) is 0 Å². The lowest BCUT2D eigenvalue weighted by molar-refractivity contribution is -0.147. The molecule has 1 aliphatic heterocycles. The summed E-state index contributed by atoms with van der Waals surface area (Å²) in [5.41, 5.74) is 0. The molecule has 150 valence electrons. The van der Waals surface area contributed by atoms with E-state index in [0.29, 0.717) is 13.0 Å². The highest BCUT2D eigenvalue weighted by Crippen LogP contribution is 2.37. The van der Waals surface area contributed by atoms with Crippen LogP contribution in [-0.2, 0) is 14.0 Å². The highest BCUT2D eigenvalue weighted by atomic mass is 28.4. The first kappa shape index (κ1) is 20.8. The van der Waals surface area contributed by atoms with Crippen molar-refractivity contribution in [3.63, 3.8) is 0 Å². The maximum Gasteiger partial charge on any atom is 0.312 e. The number of benzene rings is 2. The molecule has 1 N–H and O–H groups in total. The average molecular weight is 399 g/mol. The van der Waals surface area contributed by atoms with Crippen LogP contribution in [0.15, 0.2) is 60.7 Å². The first-order valence-corrected chi connectivity index (χ1v) is 11.8. The van der Waals surface area contributed by atoms with Crippen LogP contribution < -0.4 is 10.4 Å². The molecule has 1 saturated heterocycles. The number of aliphatic hydroxyl groups excluding tert-OH is 1. The zero-order valence-electron chi connectivity index (χ0n) is 17.1. The van der Waals surface area contributed by atoms with Crippen LogP contribution >= 0.6 is 0 Å². The first-order chi connectivity index (χ1) is 13.3. The minimum Gasteiger partial charge on any atom is -0.460 e. The maximum atomic E-state index is 12.1. The number of ether oxygens (including phenoxy) is 1. The second kappa shape index (κ2) is 8.19. The number of carbonyl (C=O) groups excluding carboxylic acids is 1. The fraction of sp³-hybridized carbons (Fsp3) is 0.435. The quantitative estimate of drug-likeness (QED) is 0.601. The number of rotatable bonds is 6. The van der Waals surface area contributed by atoms with Gasteiger partial charge in [0.15, 0.2) is 0 Å². The summed E-state index contributed by atoms with van der Waals surface area (Å²) in [5.74, 6) is -0.793. The van der Waals surface area contributed by atoms with Gasteiger partial charge >= 0.3 is 5.97 Å². The minimum atomic E-state index is -2.64. The molecule has 2 aromatic carbocycles. The van der Waals surface area contributed by atoms with Crippen molar-refractivity contribution in [2.75, 3.05) is 6.61 Å². The van der Waals surface area contributed by atoms with E-state index in [1.54, 1.807) is 6.92 Å². The Morgan fingerprint density at radius 1 is 1.07 bits per heavy atom. The molecule has 0 bridgehead atoms. The summed E-state index contributed by atoms with van der Waals surface area (Å²) in [4.78, 5) is 12.1. The van der Waals surface area contributed by atoms with Gasteiger partial charge in [-0.05, 0) is 22.3 Å². The van der Waals surface area contributed by atoms with Crippen molar-refractivity contribution >= 4 is 24.7 Å². The van der Waals surface area contributed by atoms with E-state index in [4.69, 9.17) is 9.16 Å². The molecule has 1 fully saturated rings. The third kappa shape index (κ3) is 3.92. The molecule has 0 radical (unpaired) electrons. The highest BCUT2D eigenvalue weighted by Gasteiger charge is 2.51. The van der Waals surface area contributed by atoms with Crippen LogP contribution in [0.5, 0.6) is 0 Å². The fourth-order valence-corrected chi connectivity index (χ4v) is 8.75. The normalized spacial score (nSPS) is 21.4. The lowest BCUT2D eigenvalue weighted by Crippen LogP contribution is -2.67. The summed E-state index contributed by atoms with van der Waals surface area (Å²) < 4.78 is 12.3. The van der Waals surface area contributed by atoms with E-state index in [2.05, 4.69) is 45.0 Å². The van der Waals surface area contributed by atoms with Crippen molar-refractivity contribution in [2.45, 2.75) is 51.4 Å². The molecule has 28 heavy (non-hydrogen) atoms. The monoisotopic (exact) mass is 398 g/mol. The lowest BCUT2D eigenvalue weighted by atomic mass is 10.0. The predicted molar refractivity (Wildman–Crippen MR) is 113 cm³/mol. The minimum absolute atomic E-state index is 0.123. The van der Waals surface area contributed by atoms with Crippen molar-refractivity contribution in [3.05, 3.63) is 60.7 Å². The van der Waals surface area contributed by atoms with E-state index in [1.165, 1.54) is 10.4 Å². The van der Waals surface area contributed by atoms with Gasteiger partial charge in [-0.2, -0.15) is 0 Å². The largest absolute Gasteiger partial charge is 0.460 e. The summed E-state index contributed by atoms with van der Waals surface area (Å²) in [7, 11) is -2.64. The van der Waals surface area contributed by atoms with Gasteiger partial charge in [0.25, 0.3) is 8.32 Å². The maximum absolute atomic E-state index is 12.1. The number of aliphatic hydroxyl groups is 1. The molecule has 2 aromatic rings. The third-order valence-electron chi connectivity index (χ3n) is 5.59. The Balaban J connectivity index is 1.97. The van der Waals surface area contributed by atoms with Crippen LogP contribution in [0.4, 0.5) is 0 Å². The van der Waals surface area contributed by atoms with Crippen LogP contribution in [-0.4, -0.2) is 38.2 Å². The molecule has 3 atom stereocenters. The molecule has 0 amide bonds. The van der Waals surface area contributed by atoms with E-state index in [-0.39, 0.29) is 17.1 Å². The van der Waals surface area contributed by atoms with Gasteiger partial charge in [-0.15, -0.1) is 0 Å². The van der Waals surface area contributed by atoms with Crippen LogP contribution in [0.3, 0.4) is 0 Å². The standard InChI is InChI=1S/C23H30O4Si/c1-17(24)21-15-18(27-22(21)25)16-26-28(23(2,3)4,19-11-7-5-8-12-19)20-13-9-6-10-14-20/h5-14,17-18,21,24H,15-16H2,1-4H3/t17?,18-,21?/m0/s1. The molecular weight excluding hydrogens is 368 g/mol. The summed E-state index contributed by atoms with van der Waals surface area (Å²) in [6.45, 7) is 8.63. The molecule has 0 saturated carbocycles. The van der Waals surface area contributed by atoms with Crippen LogP contribution in [0.1, 0.15) is 34.1 Å².